The molecule has 2 N–H and O–H groups in total. The molecule has 0 heterocycles. The van der Waals surface area contributed by atoms with Gasteiger partial charge in [-0.15, -0.1) is 0 Å². The van der Waals surface area contributed by atoms with Crippen LogP contribution in [0.1, 0.15) is 38.8 Å². The lowest BCUT2D eigenvalue weighted by atomic mass is 9.89. The Hall–Kier alpha value is -0.640. The third-order valence-electron chi connectivity index (χ3n) is 3.12. The lowest BCUT2D eigenvalue weighted by Crippen LogP contribution is -2.32. The standard InChI is InChI=1S/C14H21ClFNO/c1-10(17-9-14(2,3)6-7-18)11-4-5-12(15)13(16)8-11/h4-5,8,10,17-18H,6-7,9H2,1-3H3. The summed E-state index contributed by atoms with van der Waals surface area (Å²) in [7, 11) is 0. The highest BCUT2D eigenvalue weighted by Crippen LogP contribution is 2.23. The van der Waals surface area contributed by atoms with Gasteiger partial charge in [-0.1, -0.05) is 31.5 Å². The molecule has 1 aromatic rings. The van der Waals surface area contributed by atoms with Crippen LogP contribution in [0.25, 0.3) is 0 Å². The highest BCUT2D eigenvalue weighted by Gasteiger charge is 2.18. The van der Waals surface area contributed by atoms with Gasteiger partial charge in [0.15, 0.2) is 0 Å². The predicted octanol–water partition coefficient (Wildman–Crippen LogP) is 3.54. The van der Waals surface area contributed by atoms with Crippen LogP contribution in [0, 0.1) is 11.2 Å². The molecule has 1 atom stereocenters. The Labute approximate surface area is 113 Å². The van der Waals surface area contributed by atoms with Crippen LogP contribution in [-0.4, -0.2) is 18.3 Å². The maximum atomic E-state index is 13.3. The first kappa shape index (κ1) is 15.4. The number of benzene rings is 1. The number of halogens is 2. The molecule has 1 aromatic carbocycles. The Balaban J connectivity index is 2.60. The molecular weight excluding hydrogens is 253 g/mol. The topological polar surface area (TPSA) is 32.3 Å². The van der Waals surface area contributed by atoms with Crippen molar-refractivity contribution in [1.29, 1.82) is 0 Å². The van der Waals surface area contributed by atoms with Gasteiger partial charge in [-0.05, 0) is 36.5 Å². The summed E-state index contributed by atoms with van der Waals surface area (Å²) in [5.41, 5.74) is 0.894. The summed E-state index contributed by atoms with van der Waals surface area (Å²) < 4.78 is 13.3. The molecule has 0 aliphatic heterocycles. The second-order valence-electron chi connectivity index (χ2n) is 5.41. The number of aliphatic hydroxyl groups is 1. The second kappa shape index (κ2) is 6.50. The summed E-state index contributed by atoms with van der Waals surface area (Å²) in [6, 6.07) is 4.90. The van der Waals surface area contributed by atoms with Gasteiger partial charge in [0.2, 0.25) is 0 Å². The van der Waals surface area contributed by atoms with Crippen molar-refractivity contribution in [3.63, 3.8) is 0 Å². The molecule has 2 nitrogen and oxygen atoms in total. The van der Waals surface area contributed by atoms with Gasteiger partial charge < -0.3 is 10.4 Å². The van der Waals surface area contributed by atoms with Gasteiger partial charge in [-0.2, -0.15) is 0 Å². The number of hydrogen-bond donors (Lipinski definition) is 2. The lowest BCUT2D eigenvalue weighted by Gasteiger charge is -2.26. The quantitative estimate of drug-likeness (QED) is 0.831. The molecule has 0 radical (unpaired) electrons. The molecule has 0 aliphatic rings. The van der Waals surface area contributed by atoms with E-state index in [-0.39, 0.29) is 23.1 Å². The molecule has 0 spiro atoms. The highest BCUT2D eigenvalue weighted by molar-refractivity contribution is 6.30. The fourth-order valence-corrected chi connectivity index (χ4v) is 1.84. The van der Waals surface area contributed by atoms with Crippen LogP contribution in [0.5, 0.6) is 0 Å². The van der Waals surface area contributed by atoms with E-state index in [1.165, 1.54) is 6.07 Å². The van der Waals surface area contributed by atoms with Gasteiger partial charge in [-0.25, -0.2) is 4.39 Å². The van der Waals surface area contributed by atoms with Gasteiger partial charge in [0, 0.05) is 19.2 Å². The molecular formula is C14H21ClFNO. The van der Waals surface area contributed by atoms with Crippen molar-refractivity contribution in [2.45, 2.75) is 33.2 Å². The lowest BCUT2D eigenvalue weighted by molar-refractivity contribution is 0.203. The maximum Gasteiger partial charge on any atom is 0.142 e. The fraction of sp³-hybridized carbons (Fsp3) is 0.571. The average Bonchev–Trinajstić information content (AvgIpc) is 2.30. The summed E-state index contributed by atoms with van der Waals surface area (Å²) in [5, 5.41) is 12.5. The molecule has 102 valence electrons. The van der Waals surface area contributed by atoms with E-state index >= 15 is 0 Å². The van der Waals surface area contributed by atoms with Gasteiger partial charge in [0.25, 0.3) is 0 Å². The molecule has 4 heteroatoms. The van der Waals surface area contributed by atoms with Gasteiger partial charge in [0.05, 0.1) is 5.02 Å². The number of nitrogens with one attached hydrogen (secondary N) is 1. The summed E-state index contributed by atoms with van der Waals surface area (Å²) in [6.07, 6.45) is 0.738. The summed E-state index contributed by atoms with van der Waals surface area (Å²) >= 11 is 5.65. The Morgan fingerprint density at radius 1 is 1.44 bits per heavy atom. The van der Waals surface area contributed by atoms with E-state index in [1.54, 1.807) is 6.07 Å². The van der Waals surface area contributed by atoms with Crippen molar-refractivity contribution >= 4 is 11.6 Å². The molecule has 1 rings (SSSR count). The minimum atomic E-state index is -0.391. The normalized spacial score (nSPS) is 13.7. The van der Waals surface area contributed by atoms with Crippen molar-refractivity contribution in [2.24, 2.45) is 5.41 Å². The van der Waals surface area contributed by atoms with E-state index in [2.05, 4.69) is 19.2 Å². The van der Waals surface area contributed by atoms with Crippen LogP contribution in [0.2, 0.25) is 5.02 Å². The first-order valence-corrected chi connectivity index (χ1v) is 6.53. The van der Waals surface area contributed by atoms with Gasteiger partial charge >= 0.3 is 0 Å². The minimum absolute atomic E-state index is 0.0218. The van der Waals surface area contributed by atoms with E-state index in [0.29, 0.717) is 0 Å². The van der Waals surface area contributed by atoms with E-state index in [0.717, 1.165) is 18.5 Å². The van der Waals surface area contributed by atoms with Crippen LogP contribution in [0.3, 0.4) is 0 Å². The van der Waals surface area contributed by atoms with Gasteiger partial charge in [-0.3, -0.25) is 0 Å². The van der Waals surface area contributed by atoms with Crippen LogP contribution >= 0.6 is 11.6 Å². The summed E-state index contributed by atoms with van der Waals surface area (Å²) in [6.45, 7) is 7.10. The molecule has 0 saturated carbocycles. The molecule has 1 unspecified atom stereocenters. The van der Waals surface area contributed by atoms with Crippen molar-refractivity contribution in [3.8, 4) is 0 Å². The van der Waals surface area contributed by atoms with Crippen molar-refractivity contribution < 1.29 is 9.50 Å². The van der Waals surface area contributed by atoms with E-state index in [9.17, 15) is 4.39 Å². The van der Waals surface area contributed by atoms with Crippen LogP contribution in [-0.2, 0) is 0 Å². The van der Waals surface area contributed by atoms with E-state index in [1.807, 2.05) is 13.0 Å². The largest absolute Gasteiger partial charge is 0.396 e. The summed E-state index contributed by atoms with van der Waals surface area (Å²) in [4.78, 5) is 0. The Bertz CT molecular complexity index is 395. The zero-order chi connectivity index (χ0) is 13.8. The Morgan fingerprint density at radius 2 is 2.11 bits per heavy atom. The van der Waals surface area contributed by atoms with Crippen LogP contribution in [0.4, 0.5) is 4.39 Å². The van der Waals surface area contributed by atoms with Crippen molar-refractivity contribution in [2.75, 3.05) is 13.2 Å². The molecule has 0 aliphatic carbocycles. The Morgan fingerprint density at radius 3 is 2.67 bits per heavy atom. The first-order chi connectivity index (χ1) is 8.35. The molecule has 0 saturated heterocycles. The highest BCUT2D eigenvalue weighted by atomic mass is 35.5. The number of hydrogen-bond acceptors (Lipinski definition) is 2. The third kappa shape index (κ3) is 4.56. The van der Waals surface area contributed by atoms with E-state index in [4.69, 9.17) is 16.7 Å². The number of aliphatic hydroxyl groups excluding tert-OH is 1. The summed E-state index contributed by atoms with van der Waals surface area (Å²) in [5.74, 6) is -0.391. The minimum Gasteiger partial charge on any atom is -0.396 e. The van der Waals surface area contributed by atoms with Crippen molar-refractivity contribution in [3.05, 3.63) is 34.6 Å². The molecule has 18 heavy (non-hydrogen) atoms. The average molecular weight is 274 g/mol. The van der Waals surface area contributed by atoms with Gasteiger partial charge in [0.1, 0.15) is 5.82 Å². The Kier molecular flexibility index (Phi) is 5.57. The van der Waals surface area contributed by atoms with E-state index < -0.39 is 5.82 Å². The zero-order valence-electron chi connectivity index (χ0n) is 11.1. The molecule has 0 fully saturated rings. The maximum absolute atomic E-state index is 13.3. The molecule has 0 amide bonds. The van der Waals surface area contributed by atoms with Crippen LogP contribution < -0.4 is 5.32 Å². The molecule has 0 bridgehead atoms. The predicted molar refractivity (Wildman–Crippen MR) is 73.3 cm³/mol. The fourth-order valence-electron chi connectivity index (χ4n) is 1.72. The molecule has 0 aromatic heterocycles. The smallest absolute Gasteiger partial charge is 0.142 e. The second-order valence-corrected chi connectivity index (χ2v) is 5.82. The zero-order valence-corrected chi connectivity index (χ0v) is 11.9. The monoisotopic (exact) mass is 273 g/mol. The number of rotatable bonds is 6. The first-order valence-electron chi connectivity index (χ1n) is 6.15. The van der Waals surface area contributed by atoms with Crippen LogP contribution in [0.15, 0.2) is 18.2 Å². The SMILES string of the molecule is CC(NCC(C)(C)CCO)c1ccc(Cl)c(F)c1. The van der Waals surface area contributed by atoms with Crippen molar-refractivity contribution in [1.82, 2.24) is 5.32 Å². The third-order valence-corrected chi connectivity index (χ3v) is 3.43.